The van der Waals surface area contributed by atoms with Gasteiger partial charge in [-0.15, -0.1) is 0 Å². The summed E-state index contributed by atoms with van der Waals surface area (Å²) in [6, 6.07) is 10.2. The van der Waals surface area contributed by atoms with Crippen LogP contribution >= 0.6 is 15.9 Å². The smallest absolute Gasteiger partial charge is 0.102 e. The fourth-order valence-corrected chi connectivity index (χ4v) is 2.59. The molecule has 0 N–H and O–H groups in total. The maximum absolute atomic E-state index is 9.30. The molecule has 92 valence electrons. The zero-order valence-corrected chi connectivity index (χ0v) is 12.2. The summed E-state index contributed by atoms with van der Waals surface area (Å²) in [4.78, 5) is 4.63. The Hall–Kier alpha value is -1.40. The van der Waals surface area contributed by atoms with Crippen molar-refractivity contribution in [2.45, 2.75) is 26.7 Å². The lowest BCUT2D eigenvalue weighted by Crippen LogP contribution is -2.00. The van der Waals surface area contributed by atoms with Crippen molar-refractivity contribution < 1.29 is 0 Å². The number of benzene rings is 1. The number of nitriles is 1. The molecule has 0 saturated heterocycles. The van der Waals surface area contributed by atoms with Crippen LogP contribution in [0.15, 0.2) is 28.7 Å². The number of nitrogens with zero attached hydrogens (tertiary/aromatic N) is 2. The van der Waals surface area contributed by atoms with Crippen molar-refractivity contribution >= 4 is 26.8 Å². The van der Waals surface area contributed by atoms with Gasteiger partial charge < -0.3 is 0 Å². The maximum Gasteiger partial charge on any atom is 0.102 e. The zero-order valence-electron chi connectivity index (χ0n) is 10.6. The van der Waals surface area contributed by atoms with Gasteiger partial charge in [0, 0.05) is 9.86 Å². The van der Waals surface area contributed by atoms with Gasteiger partial charge in [-0.25, -0.2) is 0 Å². The van der Waals surface area contributed by atoms with Crippen molar-refractivity contribution in [1.82, 2.24) is 4.98 Å². The molecule has 1 aromatic carbocycles. The summed E-state index contributed by atoms with van der Waals surface area (Å²) in [7, 11) is 0. The summed E-state index contributed by atoms with van der Waals surface area (Å²) in [5.41, 5.74) is 2.52. The number of aryl methyl sites for hydroxylation is 1. The molecule has 0 radical (unpaired) electrons. The largest absolute Gasteiger partial charge is 0.251 e. The molecule has 2 rings (SSSR count). The molecule has 0 amide bonds. The lowest BCUT2D eigenvalue weighted by atomic mass is 10.0. The van der Waals surface area contributed by atoms with Crippen LogP contribution in [0, 0.1) is 17.2 Å². The van der Waals surface area contributed by atoms with Crippen molar-refractivity contribution in [1.29, 1.82) is 5.26 Å². The van der Waals surface area contributed by atoms with E-state index in [0.29, 0.717) is 11.5 Å². The van der Waals surface area contributed by atoms with Crippen molar-refractivity contribution in [3.05, 3.63) is 40.0 Å². The standard InChI is InChI=1S/C15H15BrN2/c1-10(2)7-8-14-12(9-17)15(16)11-5-3-4-6-13(11)18-14/h3-6,10H,7-8H2,1-2H3. The second-order valence-electron chi connectivity index (χ2n) is 4.81. The summed E-state index contributed by atoms with van der Waals surface area (Å²) in [6.07, 6.45) is 1.90. The molecule has 3 heteroatoms. The highest BCUT2D eigenvalue weighted by Crippen LogP contribution is 2.29. The zero-order chi connectivity index (χ0) is 13.1. The third kappa shape index (κ3) is 2.54. The molecule has 0 fully saturated rings. The van der Waals surface area contributed by atoms with E-state index in [4.69, 9.17) is 0 Å². The highest BCUT2D eigenvalue weighted by Gasteiger charge is 2.12. The van der Waals surface area contributed by atoms with Gasteiger partial charge in [0.1, 0.15) is 6.07 Å². The lowest BCUT2D eigenvalue weighted by molar-refractivity contribution is 0.581. The molecule has 0 aliphatic carbocycles. The topological polar surface area (TPSA) is 36.7 Å². The van der Waals surface area contributed by atoms with E-state index in [9.17, 15) is 5.26 Å². The Morgan fingerprint density at radius 3 is 2.72 bits per heavy atom. The number of pyridine rings is 1. The molecule has 1 heterocycles. The minimum atomic E-state index is 0.614. The van der Waals surface area contributed by atoms with E-state index in [1.54, 1.807) is 0 Å². The average Bonchev–Trinajstić information content (AvgIpc) is 2.36. The van der Waals surface area contributed by atoms with E-state index in [-0.39, 0.29) is 0 Å². The summed E-state index contributed by atoms with van der Waals surface area (Å²) < 4.78 is 0.870. The summed E-state index contributed by atoms with van der Waals surface area (Å²) in [5.74, 6) is 0.614. The number of rotatable bonds is 3. The monoisotopic (exact) mass is 302 g/mol. The van der Waals surface area contributed by atoms with Crippen molar-refractivity contribution in [3.8, 4) is 6.07 Å². The number of hydrogen-bond acceptors (Lipinski definition) is 2. The second kappa shape index (κ2) is 5.49. The third-order valence-electron chi connectivity index (χ3n) is 2.97. The third-order valence-corrected chi connectivity index (χ3v) is 3.80. The Morgan fingerprint density at radius 2 is 2.06 bits per heavy atom. The molecule has 0 aliphatic heterocycles. The minimum Gasteiger partial charge on any atom is -0.251 e. The second-order valence-corrected chi connectivity index (χ2v) is 5.60. The predicted octanol–water partition coefficient (Wildman–Crippen LogP) is 4.46. The van der Waals surface area contributed by atoms with Crippen LogP contribution in [-0.4, -0.2) is 4.98 Å². The number of halogens is 1. The lowest BCUT2D eigenvalue weighted by Gasteiger charge is -2.10. The van der Waals surface area contributed by atoms with Crippen LogP contribution in [0.3, 0.4) is 0 Å². The molecule has 0 spiro atoms. The van der Waals surface area contributed by atoms with Crippen LogP contribution in [0.25, 0.3) is 10.9 Å². The van der Waals surface area contributed by atoms with Gasteiger partial charge in [-0.05, 0) is 40.8 Å². The minimum absolute atomic E-state index is 0.614. The molecule has 0 unspecified atom stereocenters. The molecule has 1 aromatic heterocycles. The quantitative estimate of drug-likeness (QED) is 0.839. The van der Waals surface area contributed by atoms with Crippen LogP contribution in [-0.2, 0) is 6.42 Å². The fourth-order valence-electron chi connectivity index (χ4n) is 1.94. The molecule has 0 saturated carbocycles. The Labute approximate surface area is 116 Å². The van der Waals surface area contributed by atoms with Gasteiger partial charge in [-0.2, -0.15) is 5.26 Å². The Balaban J connectivity index is 2.55. The number of hydrogen-bond donors (Lipinski definition) is 0. The van der Waals surface area contributed by atoms with Gasteiger partial charge in [-0.1, -0.05) is 32.0 Å². The molecule has 18 heavy (non-hydrogen) atoms. The van der Waals surface area contributed by atoms with Gasteiger partial charge in [0.2, 0.25) is 0 Å². The van der Waals surface area contributed by atoms with Crippen LogP contribution in [0.2, 0.25) is 0 Å². The van der Waals surface area contributed by atoms with Crippen molar-refractivity contribution in [2.75, 3.05) is 0 Å². The highest BCUT2D eigenvalue weighted by atomic mass is 79.9. The normalized spacial score (nSPS) is 10.8. The van der Waals surface area contributed by atoms with Crippen LogP contribution in [0.4, 0.5) is 0 Å². The van der Waals surface area contributed by atoms with Gasteiger partial charge in [-0.3, -0.25) is 4.98 Å². The molecular weight excluding hydrogens is 288 g/mol. The first-order valence-corrected chi connectivity index (χ1v) is 6.90. The predicted molar refractivity (Wildman–Crippen MR) is 77.3 cm³/mol. The van der Waals surface area contributed by atoms with Crippen LogP contribution in [0.1, 0.15) is 31.5 Å². The van der Waals surface area contributed by atoms with E-state index in [0.717, 1.165) is 33.9 Å². The van der Waals surface area contributed by atoms with Gasteiger partial charge in [0.15, 0.2) is 0 Å². The van der Waals surface area contributed by atoms with E-state index in [1.165, 1.54) is 0 Å². The van der Waals surface area contributed by atoms with Crippen molar-refractivity contribution in [2.24, 2.45) is 5.92 Å². The molecule has 0 bridgehead atoms. The van der Waals surface area contributed by atoms with Crippen molar-refractivity contribution in [3.63, 3.8) is 0 Å². The Morgan fingerprint density at radius 1 is 1.33 bits per heavy atom. The number of fused-ring (bicyclic) bond motifs is 1. The summed E-state index contributed by atoms with van der Waals surface area (Å²) in [5, 5.41) is 10.3. The van der Waals surface area contributed by atoms with E-state index in [2.05, 4.69) is 40.8 Å². The van der Waals surface area contributed by atoms with Gasteiger partial charge >= 0.3 is 0 Å². The average molecular weight is 303 g/mol. The summed E-state index contributed by atoms with van der Waals surface area (Å²) >= 11 is 3.54. The van der Waals surface area contributed by atoms with Gasteiger partial charge in [0.25, 0.3) is 0 Å². The van der Waals surface area contributed by atoms with E-state index < -0.39 is 0 Å². The molecular formula is C15H15BrN2. The first kappa shape index (κ1) is 13.0. The number of aromatic nitrogens is 1. The first-order chi connectivity index (χ1) is 8.63. The SMILES string of the molecule is CC(C)CCc1nc2ccccc2c(Br)c1C#N. The van der Waals surface area contributed by atoms with Gasteiger partial charge in [0.05, 0.1) is 16.8 Å². The Kier molecular flexibility index (Phi) is 3.98. The molecule has 2 nitrogen and oxygen atoms in total. The maximum atomic E-state index is 9.30. The highest BCUT2D eigenvalue weighted by molar-refractivity contribution is 9.10. The first-order valence-electron chi connectivity index (χ1n) is 6.10. The van der Waals surface area contributed by atoms with E-state index in [1.807, 2.05) is 24.3 Å². The molecule has 0 aliphatic rings. The van der Waals surface area contributed by atoms with Crippen LogP contribution in [0.5, 0.6) is 0 Å². The molecule has 0 atom stereocenters. The Bertz CT molecular complexity index is 612. The van der Waals surface area contributed by atoms with E-state index >= 15 is 0 Å². The number of para-hydroxylation sites is 1. The fraction of sp³-hybridized carbons (Fsp3) is 0.333. The molecule has 2 aromatic rings. The van der Waals surface area contributed by atoms with Crippen LogP contribution < -0.4 is 0 Å². The summed E-state index contributed by atoms with van der Waals surface area (Å²) in [6.45, 7) is 4.37.